The van der Waals surface area contributed by atoms with Crippen LogP contribution in [-0.2, 0) is 9.59 Å². The maximum absolute atomic E-state index is 13.0. The molecule has 184 valence electrons. The highest BCUT2D eigenvalue weighted by molar-refractivity contribution is 6.32. The Morgan fingerprint density at radius 3 is 2.47 bits per heavy atom. The minimum atomic E-state index is -0.571. The standard InChI is InChI=1S/C27H23ClFN3O4/c1-3-35-24-14-18(12-19(15-30)27(34)32-23-7-5-4-6-17(23)2)13-22(28)26(24)36-16-25(33)31-21-10-8-20(29)9-11-21/h4-14H,3,16H2,1-2H3,(H,31,33)(H,32,34)/b19-12-. The number of ether oxygens (including phenoxy) is 2. The van der Waals surface area contributed by atoms with Gasteiger partial charge < -0.3 is 20.1 Å². The predicted octanol–water partition coefficient (Wildman–Crippen LogP) is 5.75. The van der Waals surface area contributed by atoms with Crippen molar-refractivity contribution in [3.05, 3.63) is 88.2 Å². The molecular weight excluding hydrogens is 485 g/mol. The lowest BCUT2D eigenvalue weighted by Crippen LogP contribution is -2.20. The maximum Gasteiger partial charge on any atom is 0.266 e. The summed E-state index contributed by atoms with van der Waals surface area (Å²) in [6.07, 6.45) is 1.38. The molecule has 0 aliphatic carbocycles. The van der Waals surface area contributed by atoms with E-state index in [9.17, 15) is 19.2 Å². The molecule has 3 aromatic rings. The fraction of sp³-hybridized carbons (Fsp3) is 0.148. The van der Waals surface area contributed by atoms with Crippen LogP contribution >= 0.6 is 11.6 Å². The van der Waals surface area contributed by atoms with E-state index in [-0.39, 0.29) is 35.3 Å². The Morgan fingerprint density at radius 2 is 1.81 bits per heavy atom. The summed E-state index contributed by atoms with van der Waals surface area (Å²) >= 11 is 6.40. The number of nitrogens with one attached hydrogen (secondary N) is 2. The third kappa shape index (κ3) is 7.08. The number of nitriles is 1. The Balaban J connectivity index is 1.77. The highest BCUT2D eigenvalue weighted by Crippen LogP contribution is 2.37. The summed E-state index contributed by atoms with van der Waals surface area (Å²) < 4.78 is 24.2. The fourth-order valence-corrected chi connectivity index (χ4v) is 3.43. The SMILES string of the molecule is CCOc1cc(/C=C(/C#N)C(=O)Nc2ccccc2C)cc(Cl)c1OCC(=O)Nc1ccc(F)cc1. The van der Waals surface area contributed by atoms with Crippen LogP contribution in [0, 0.1) is 24.1 Å². The summed E-state index contributed by atoms with van der Waals surface area (Å²) in [6, 6.07) is 17.5. The van der Waals surface area contributed by atoms with Crippen molar-refractivity contribution in [1.82, 2.24) is 0 Å². The number of rotatable bonds is 9. The maximum atomic E-state index is 13.0. The molecule has 0 fully saturated rings. The first-order chi connectivity index (χ1) is 17.3. The number of nitrogens with zero attached hydrogens (tertiary/aromatic N) is 1. The van der Waals surface area contributed by atoms with Crippen LogP contribution in [0.1, 0.15) is 18.1 Å². The van der Waals surface area contributed by atoms with Gasteiger partial charge in [0.05, 0.1) is 11.6 Å². The van der Waals surface area contributed by atoms with Gasteiger partial charge in [0, 0.05) is 11.4 Å². The van der Waals surface area contributed by atoms with Gasteiger partial charge in [-0.2, -0.15) is 5.26 Å². The van der Waals surface area contributed by atoms with Crippen molar-refractivity contribution in [2.45, 2.75) is 13.8 Å². The zero-order valence-corrected chi connectivity index (χ0v) is 20.4. The smallest absolute Gasteiger partial charge is 0.266 e. The fourth-order valence-electron chi connectivity index (χ4n) is 3.16. The van der Waals surface area contributed by atoms with E-state index in [0.29, 0.717) is 16.9 Å². The summed E-state index contributed by atoms with van der Waals surface area (Å²) in [4.78, 5) is 24.9. The number of benzene rings is 3. The summed E-state index contributed by atoms with van der Waals surface area (Å²) in [5.74, 6) is -1.10. The number of para-hydroxylation sites is 1. The molecule has 7 nitrogen and oxygen atoms in total. The van der Waals surface area contributed by atoms with Gasteiger partial charge in [0.15, 0.2) is 18.1 Å². The van der Waals surface area contributed by atoms with Crippen molar-refractivity contribution in [2.75, 3.05) is 23.8 Å². The second-order valence-corrected chi connectivity index (χ2v) is 7.95. The Hall–Kier alpha value is -4.35. The van der Waals surface area contributed by atoms with Crippen LogP contribution in [0.5, 0.6) is 11.5 Å². The highest BCUT2D eigenvalue weighted by Gasteiger charge is 2.16. The molecule has 0 aromatic heterocycles. The molecule has 0 atom stereocenters. The Labute approximate surface area is 213 Å². The molecule has 2 amide bonds. The molecule has 0 heterocycles. The highest BCUT2D eigenvalue weighted by atomic mass is 35.5. The van der Waals surface area contributed by atoms with Crippen molar-refractivity contribution in [3.63, 3.8) is 0 Å². The first kappa shape index (κ1) is 26.3. The van der Waals surface area contributed by atoms with Crippen LogP contribution in [0.2, 0.25) is 5.02 Å². The third-order valence-electron chi connectivity index (χ3n) is 4.88. The lowest BCUT2D eigenvalue weighted by molar-refractivity contribution is -0.118. The summed E-state index contributed by atoms with van der Waals surface area (Å²) in [5.41, 5.74) is 2.16. The normalized spacial score (nSPS) is 10.8. The van der Waals surface area contributed by atoms with Crippen LogP contribution in [0.15, 0.2) is 66.2 Å². The van der Waals surface area contributed by atoms with Crippen molar-refractivity contribution in [1.29, 1.82) is 5.26 Å². The van der Waals surface area contributed by atoms with Crippen LogP contribution in [0.3, 0.4) is 0 Å². The molecule has 0 radical (unpaired) electrons. The van der Waals surface area contributed by atoms with E-state index in [0.717, 1.165) is 5.56 Å². The van der Waals surface area contributed by atoms with Gasteiger partial charge in [-0.3, -0.25) is 9.59 Å². The summed E-state index contributed by atoms with van der Waals surface area (Å²) in [6.45, 7) is 3.51. The quantitative estimate of drug-likeness (QED) is 0.284. The van der Waals surface area contributed by atoms with Gasteiger partial charge in [0.1, 0.15) is 17.5 Å². The number of carbonyl (C=O) groups is 2. The summed E-state index contributed by atoms with van der Waals surface area (Å²) in [5, 5.41) is 15.0. The van der Waals surface area contributed by atoms with Crippen molar-refractivity contribution < 1.29 is 23.5 Å². The molecule has 2 N–H and O–H groups in total. The average molecular weight is 508 g/mol. The lowest BCUT2D eigenvalue weighted by Gasteiger charge is -2.15. The molecule has 9 heteroatoms. The van der Waals surface area contributed by atoms with Gasteiger partial charge in [0.25, 0.3) is 11.8 Å². The second kappa shape index (κ2) is 12.4. The van der Waals surface area contributed by atoms with E-state index in [4.69, 9.17) is 21.1 Å². The minimum Gasteiger partial charge on any atom is -0.490 e. The number of halogens is 2. The van der Waals surface area contributed by atoms with Crippen molar-refractivity contribution in [3.8, 4) is 17.6 Å². The van der Waals surface area contributed by atoms with Gasteiger partial charge in [-0.05, 0) is 73.5 Å². The number of carbonyl (C=O) groups excluding carboxylic acids is 2. The Bertz CT molecular complexity index is 1330. The number of amides is 2. The Morgan fingerprint density at radius 1 is 1.08 bits per heavy atom. The molecule has 0 aliphatic heterocycles. The van der Waals surface area contributed by atoms with E-state index in [1.165, 1.54) is 36.4 Å². The number of hydrogen-bond acceptors (Lipinski definition) is 5. The average Bonchev–Trinajstić information content (AvgIpc) is 2.85. The lowest BCUT2D eigenvalue weighted by atomic mass is 10.1. The topological polar surface area (TPSA) is 100 Å². The first-order valence-electron chi connectivity index (χ1n) is 10.9. The van der Waals surface area contributed by atoms with E-state index in [1.54, 1.807) is 25.1 Å². The minimum absolute atomic E-state index is 0.124. The van der Waals surface area contributed by atoms with Gasteiger partial charge in [-0.25, -0.2) is 4.39 Å². The van der Waals surface area contributed by atoms with Gasteiger partial charge in [-0.1, -0.05) is 29.8 Å². The molecule has 0 bridgehead atoms. The third-order valence-corrected chi connectivity index (χ3v) is 5.16. The molecule has 0 saturated carbocycles. The van der Waals surface area contributed by atoms with Crippen LogP contribution in [-0.4, -0.2) is 25.0 Å². The Kier molecular flexibility index (Phi) is 9.03. The van der Waals surface area contributed by atoms with E-state index >= 15 is 0 Å². The largest absolute Gasteiger partial charge is 0.490 e. The molecule has 3 rings (SSSR count). The van der Waals surface area contributed by atoms with E-state index < -0.39 is 17.6 Å². The number of anilines is 2. The molecule has 0 saturated heterocycles. The van der Waals surface area contributed by atoms with Crippen LogP contribution in [0.4, 0.5) is 15.8 Å². The van der Waals surface area contributed by atoms with Gasteiger partial charge in [0.2, 0.25) is 0 Å². The zero-order valence-electron chi connectivity index (χ0n) is 19.6. The number of aryl methyl sites for hydroxylation is 1. The van der Waals surface area contributed by atoms with Gasteiger partial charge >= 0.3 is 0 Å². The molecule has 0 unspecified atom stereocenters. The molecule has 0 aliphatic rings. The molecule has 3 aromatic carbocycles. The predicted molar refractivity (Wildman–Crippen MR) is 137 cm³/mol. The van der Waals surface area contributed by atoms with Crippen LogP contribution < -0.4 is 20.1 Å². The van der Waals surface area contributed by atoms with Crippen molar-refractivity contribution in [2.24, 2.45) is 0 Å². The first-order valence-corrected chi connectivity index (χ1v) is 11.3. The van der Waals surface area contributed by atoms with Gasteiger partial charge in [-0.15, -0.1) is 0 Å². The summed E-state index contributed by atoms with van der Waals surface area (Å²) in [7, 11) is 0. The van der Waals surface area contributed by atoms with E-state index in [1.807, 2.05) is 25.1 Å². The molecular formula is C27H23ClFN3O4. The monoisotopic (exact) mass is 507 g/mol. The molecule has 36 heavy (non-hydrogen) atoms. The van der Waals surface area contributed by atoms with Crippen molar-refractivity contribution >= 4 is 40.9 Å². The zero-order chi connectivity index (χ0) is 26.1. The van der Waals surface area contributed by atoms with Crippen LogP contribution in [0.25, 0.3) is 6.08 Å². The van der Waals surface area contributed by atoms with E-state index in [2.05, 4.69) is 10.6 Å². The number of hydrogen-bond donors (Lipinski definition) is 2. The molecule has 0 spiro atoms. The second-order valence-electron chi connectivity index (χ2n) is 7.55.